The van der Waals surface area contributed by atoms with Gasteiger partial charge in [0.1, 0.15) is 11.9 Å². The molecule has 5 nitrogen and oxygen atoms in total. The first-order valence-electron chi connectivity index (χ1n) is 4.05. The lowest BCUT2D eigenvalue weighted by atomic mass is 10.1. The molecule has 80 valence electrons. The zero-order valence-corrected chi connectivity index (χ0v) is 7.61. The number of hydrogen-bond donors (Lipinski definition) is 3. The summed E-state index contributed by atoms with van der Waals surface area (Å²) >= 11 is 0. The van der Waals surface area contributed by atoms with Crippen molar-refractivity contribution in [2.24, 2.45) is 5.73 Å². The third-order valence-corrected chi connectivity index (χ3v) is 1.76. The number of nitrogens with one attached hydrogen (secondary N) is 1. The van der Waals surface area contributed by atoms with Gasteiger partial charge >= 0.3 is 6.09 Å². The second kappa shape index (κ2) is 4.41. The number of carboxylic acid groups (broad SMARTS) is 1. The Morgan fingerprint density at radius 2 is 1.87 bits per heavy atom. The predicted octanol–water partition coefficient (Wildman–Crippen LogP) is 0.620. The Labute approximate surface area is 84.7 Å². The lowest BCUT2D eigenvalue weighted by Gasteiger charge is -2.13. The first-order valence-corrected chi connectivity index (χ1v) is 4.05. The van der Waals surface area contributed by atoms with Gasteiger partial charge in [0.2, 0.25) is 5.91 Å². The molecule has 0 saturated carbocycles. The van der Waals surface area contributed by atoms with Crippen molar-refractivity contribution in [3.05, 3.63) is 35.6 Å². The molecule has 1 rings (SSSR count). The number of carbonyl (C=O) groups is 2. The molecule has 0 spiro atoms. The smallest absolute Gasteiger partial charge is 0.405 e. The summed E-state index contributed by atoms with van der Waals surface area (Å²) in [6, 6.07) is 3.66. The summed E-state index contributed by atoms with van der Waals surface area (Å²) in [4.78, 5) is 21.3. The van der Waals surface area contributed by atoms with Crippen molar-refractivity contribution in [3.8, 4) is 0 Å². The van der Waals surface area contributed by atoms with E-state index < -0.39 is 23.9 Å². The van der Waals surface area contributed by atoms with Gasteiger partial charge in [-0.15, -0.1) is 0 Å². The van der Waals surface area contributed by atoms with Crippen LogP contribution in [0, 0.1) is 5.82 Å². The summed E-state index contributed by atoms with van der Waals surface area (Å²) in [7, 11) is 0. The SMILES string of the molecule is NC(=O)[C@H](NC(=O)O)c1ccc(F)cc1. The van der Waals surface area contributed by atoms with Crippen molar-refractivity contribution in [3.63, 3.8) is 0 Å². The number of rotatable bonds is 3. The third-order valence-electron chi connectivity index (χ3n) is 1.76. The molecule has 4 N–H and O–H groups in total. The van der Waals surface area contributed by atoms with Crippen LogP contribution in [0.15, 0.2) is 24.3 Å². The van der Waals surface area contributed by atoms with Crippen molar-refractivity contribution >= 4 is 12.0 Å². The Morgan fingerprint density at radius 3 is 2.27 bits per heavy atom. The molecule has 1 aromatic rings. The molecule has 0 aromatic heterocycles. The van der Waals surface area contributed by atoms with E-state index in [1.807, 2.05) is 5.32 Å². The lowest BCUT2D eigenvalue weighted by molar-refractivity contribution is -0.120. The van der Waals surface area contributed by atoms with Crippen LogP contribution in [0.5, 0.6) is 0 Å². The molecule has 0 heterocycles. The molecule has 1 aromatic carbocycles. The molecule has 0 aliphatic heterocycles. The zero-order chi connectivity index (χ0) is 11.4. The average Bonchev–Trinajstić information content (AvgIpc) is 2.15. The first kappa shape index (κ1) is 11.0. The summed E-state index contributed by atoms with van der Waals surface area (Å²) in [5.74, 6) is -1.32. The number of hydrogen-bond acceptors (Lipinski definition) is 2. The van der Waals surface area contributed by atoms with E-state index in [0.29, 0.717) is 5.56 Å². The minimum absolute atomic E-state index is 0.298. The van der Waals surface area contributed by atoms with Crippen LogP contribution in [0.2, 0.25) is 0 Å². The Balaban J connectivity index is 2.94. The Bertz CT molecular complexity index is 377. The quantitative estimate of drug-likeness (QED) is 0.685. The van der Waals surface area contributed by atoms with E-state index in [2.05, 4.69) is 0 Å². The second-order valence-electron chi connectivity index (χ2n) is 2.84. The van der Waals surface area contributed by atoms with Gasteiger partial charge in [0.15, 0.2) is 0 Å². The molecule has 0 bridgehead atoms. The molecule has 0 aliphatic rings. The van der Waals surface area contributed by atoms with E-state index in [-0.39, 0.29) is 0 Å². The van der Waals surface area contributed by atoms with Crippen LogP contribution in [-0.2, 0) is 4.79 Å². The fourth-order valence-electron chi connectivity index (χ4n) is 1.10. The van der Waals surface area contributed by atoms with Crippen molar-refractivity contribution in [1.82, 2.24) is 5.32 Å². The van der Waals surface area contributed by atoms with Crippen molar-refractivity contribution in [2.45, 2.75) is 6.04 Å². The molecule has 6 heteroatoms. The fourth-order valence-corrected chi connectivity index (χ4v) is 1.10. The van der Waals surface area contributed by atoms with Gasteiger partial charge in [-0.1, -0.05) is 12.1 Å². The van der Waals surface area contributed by atoms with Gasteiger partial charge in [0, 0.05) is 0 Å². The maximum absolute atomic E-state index is 12.6. The summed E-state index contributed by atoms with van der Waals surface area (Å²) in [6.45, 7) is 0. The number of primary amides is 1. The standard InChI is InChI=1S/C9H9FN2O3/c10-6-3-1-5(2-4-6)7(8(11)13)12-9(14)15/h1-4,7,12H,(H2,11,13)(H,14,15)/t7-/m1/s1. The van der Waals surface area contributed by atoms with E-state index in [1.165, 1.54) is 12.1 Å². The van der Waals surface area contributed by atoms with Crippen LogP contribution < -0.4 is 11.1 Å². The summed E-state index contributed by atoms with van der Waals surface area (Å²) in [5.41, 5.74) is 5.29. The minimum atomic E-state index is -1.37. The number of nitrogens with two attached hydrogens (primary N) is 1. The van der Waals surface area contributed by atoms with Crippen molar-refractivity contribution < 1.29 is 19.1 Å². The summed E-state index contributed by atoms with van der Waals surface area (Å²) < 4.78 is 12.6. The maximum Gasteiger partial charge on any atom is 0.405 e. The van der Waals surface area contributed by atoms with Gasteiger partial charge in [-0.25, -0.2) is 9.18 Å². The van der Waals surface area contributed by atoms with Crippen LogP contribution in [0.4, 0.5) is 9.18 Å². The molecular formula is C9H9FN2O3. The fraction of sp³-hybridized carbons (Fsp3) is 0.111. The number of carbonyl (C=O) groups excluding carboxylic acids is 1. The number of benzene rings is 1. The van der Waals surface area contributed by atoms with E-state index >= 15 is 0 Å². The Hall–Kier alpha value is -2.11. The molecule has 2 amide bonds. The van der Waals surface area contributed by atoms with E-state index in [4.69, 9.17) is 10.8 Å². The van der Waals surface area contributed by atoms with Crippen LogP contribution in [-0.4, -0.2) is 17.1 Å². The molecule has 0 unspecified atom stereocenters. The normalized spacial score (nSPS) is 11.8. The minimum Gasteiger partial charge on any atom is -0.465 e. The topological polar surface area (TPSA) is 92.4 Å². The Kier molecular flexibility index (Phi) is 3.22. The van der Waals surface area contributed by atoms with Gasteiger partial charge in [0.05, 0.1) is 0 Å². The van der Waals surface area contributed by atoms with Crippen LogP contribution in [0.25, 0.3) is 0 Å². The largest absolute Gasteiger partial charge is 0.465 e. The van der Waals surface area contributed by atoms with Gasteiger partial charge in [-0.3, -0.25) is 4.79 Å². The molecule has 0 fully saturated rings. The van der Waals surface area contributed by atoms with Gasteiger partial charge in [-0.2, -0.15) is 0 Å². The molecular weight excluding hydrogens is 203 g/mol. The maximum atomic E-state index is 12.6. The highest BCUT2D eigenvalue weighted by Crippen LogP contribution is 2.12. The molecule has 1 atom stereocenters. The van der Waals surface area contributed by atoms with Crippen LogP contribution >= 0.6 is 0 Å². The highest BCUT2D eigenvalue weighted by Gasteiger charge is 2.19. The van der Waals surface area contributed by atoms with Gasteiger partial charge < -0.3 is 16.2 Å². The van der Waals surface area contributed by atoms with Crippen molar-refractivity contribution in [2.75, 3.05) is 0 Å². The molecule has 0 saturated heterocycles. The zero-order valence-electron chi connectivity index (χ0n) is 7.61. The van der Waals surface area contributed by atoms with Crippen molar-refractivity contribution in [1.29, 1.82) is 0 Å². The molecule has 0 aliphatic carbocycles. The van der Waals surface area contributed by atoms with Gasteiger partial charge in [-0.05, 0) is 17.7 Å². The monoisotopic (exact) mass is 212 g/mol. The van der Waals surface area contributed by atoms with E-state index in [0.717, 1.165) is 12.1 Å². The second-order valence-corrected chi connectivity index (χ2v) is 2.84. The molecule has 0 radical (unpaired) electrons. The number of amides is 2. The number of halogens is 1. The lowest BCUT2D eigenvalue weighted by Crippen LogP contribution is -2.36. The first-order chi connectivity index (χ1) is 7.00. The highest BCUT2D eigenvalue weighted by atomic mass is 19.1. The predicted molar refractivity (Wildman–Crippen MR) is 49.5 cm³/mol. The van der Waals surface area contributed by atoms with Crippen LogP contribution in [0.3, 0.4) is 0 Å². The summed E-state index contributed by atoms with van der Waals surface area (Å²) in [5, 5.41) is 10.4. The molecule has 15 heavy (non-hydrogen) atoms. The average molecular weight is 212 g/mol. The summed E-state index contributed by atoms with van der Waals surface area (Å²) in [6.07, 6.45) is -1.37. The highest BCUT2D eigenvalue weighted by molar-refractivity contribution is 5.85. The van der Waals surface area contributed by atoms with E-state index in [1.54, 1.807) is 0 Å². The Morgan fingerprint density at radius 1 is 1.33 bits per heavy atom. The third kappa shape index (κ3) is 2.94. The van der Waals surface area contributed by atoms with E-state index in [9.17, 15) is 14.0 Å². The van der Waals surface area contributed by atoms with Crippen LogP contribution in [0.1, 0.15) is 11.6 Å². The van der Waals surface area contributed by atoms with Gasteiger partial charge in [0.25, 0.3) is 0 Å².